The van der Waals surface area contributed by atoms with Gasteiger partial charge in [0.25, 0.3) is 0 Å². The van der Waals surface area contributed by atoms with Crippen LogP contribution in [0.15, 0.2) is 47.4 Å². The smallest absolute Gasteiger partial charge is 0.240 e. The largest absolute Gasteiger partial charge is 0.488 e. The molecule has 2 aromatic carbocycles. The molecule has 0 saturated carbocycles. The Kier molecular flexibility index (Phi) is 6.90. The Morgan fingerprint density at radius 3 is 2.73 bits per heavy atom. The number of amides is 1. The van der Waals surface area contributed by atoms with Gasteiger partial charge in [-0.15, -0.1) is 0 Å². The molecule has 0 saturated heterocycles. The zero-order valence-corrected chi connectivity index (χ0v) is 18.5. The number of nitrogens with one attached hydrogen (secondary N) is 2. The number of para-hydroxylation sites is 1. The number of benzene rings is 2. The maximum Gasteiger partial charge on any atom is 0.240 e. The molecule has 1 amide bonds. The molecule has 0 aromatic heterocycles. The Hall–Kier alpha value is -2.29. The van der Waals surface area contributed by atoms with Crippen molar-refractivity contribution in [1.82, 2.24) is 10.0 Å². The molecule has 9 heteroatoms. The van der Waals surface area contributed by atoms with Crippen LogP contribution in [-0.2, 0) is 21.2 Å². The number of hydrogen-bond acceptors (Lipinski definition) is 5. The van der Waals surface area contributed by atoms with Crippen LogP contribution in [0.5, 0.6) is 11.5 Å². The third-order valence-corrected chi connectivity index (χ3v) is 6.18. The molecule has 2 aromatic rings. The van der Waals surface area contributed by atoms with Crippen molar-refractivity contribution in [2.75, 3.05) is 19.7 Å². The zero-order valence-electron chi connectivity index (χ0n) is 16.9. The maximum absolute atomic E-state index is 12.2. The van der Waals surface area contributed by atoms with Gasteiger partial charge < -0.3 is 14.8 Å². The van der Waals surface area contributed by atoms with E-state index in [0.29, 0.717) is 17.3 Å². The van der Waals surface area contributed by atoms with Gasteiger partial charge in [-0.25, -0.2) is 13.1 Å². The first-order valence-corrected chi connectivity index (χ1v) is 11.5. The summed E-state index contributed by atoms with van der Waals surface area (Å²) >= 11 is 5.82. The van der Waals surface area contributed by atoms with E-state index in [4.69, 9.17) is 21.1 Å². The summed E-state index contributed by atoms with van der Waals surface area (Å²) in [4.78, 5) is 12.0. The Balaban J connectivity index is 1.39. The number of rotatable bonds is 9. The molecular weight excluding hydrogens is 428 g/mol. The van der Waals surface area contributed by atoms with Gasteiger partial charge in [-0.05, 0) is 38.1 Å². The SMILES string of the molecule is CC1(C)Cc2cccc(OCCNC(=O)CCNS(=O)(=O)c3cccc(Cl)c3)c2O1. The molecule has 30 heavy (non-hydrogen) atoms. The van der Waals surface area contributed by atoms with Gasteiger partial charge in [0.2, 0.25) is 15.9 Å². The molecule has 2 N–H and O–H groups in total. The third kappa shape index (κ3) is 5.87. The van der Waals surface area contributed by atoms with Crippen molar-refractivity contribution < 1.29 is 22.7 Å². The van der Waals surface area contributed by atoms with E-state index in [1.54, 1.807) is 12.1 Å². The highest BCUT2D eigenvalue weighted by atomic mass is 35.5. The molecule has 3 rings (SSSR count). The Bertz CT molecular complexity index is 1020. The summed E-state index contributed by atoms with van der Waals surface area (Å²) < 4.78 is 38.5. The summed E-state index contributed by atoms with van der Waals surface area (Å²) in [5, 5.41) is 3.04. The number of fused-ring (bicyclic) bond motifs is 1. The van der Waals surface area contributed by atoms with Gasteiger partial charge in [-0.2, -0.15) is 0 Å². The fraction of sp³-hybridized carbons (Fsp3) is 0.381. The molecule has 0 aliphatic carbocycles. The first-order chi connectivity index (χ1) is 14.2. The van der Waals surface area contributed by atoms with E-state index in [-0.39, 0.29) is 36.0 Å². The van der Waals surface area contributed by atoms with Gasteiger partial charge >= 0.3 is 0 Å². The average Bonchev–Trinajstić information content (AvgIpc) is 2.99. The minimum absolute atomic E-state index is 0.0117. The van der Waals surface area contributed by atoms with Crippen molar-refractivity contribution in [2.45, 2.75) is 37.2 Å². The van der Waals surface area contributed by atoms with E-state index in [1.165, 1.54) is 12.1 Å². The van der Waals surface area contributed by atoms with E-state index in [0.717, 1.165) is 17.7 Å². The predicted molar refractivity (Wildman–Crippen MR) is 115 cm³/mol. The third-order valence-electron chi connectivity index (χ3n) is 4.49. The molecule has 0 fully saturated rings. The van der Waals surface area contributed by atoms with E-state index in [9.17, 15) is 13.2 Å². The highest BCUT2D eigenvalue weighted by Gasteiger charge is 2.32. The molecule has 0 atom stereocenters. The number of carbonyl (C=O) groups is 1. The van der Waals surface area contributed by atoms with Crippen LogP contribution < -0.4 is 19.5 Å². The van der Waals surface area contributed by atoms with E-state index >= 15 is 0 Å². The highest BCUT2D eigenvalue weighted by Crippen LogP contribution is 2.41. The molecule has 0 spiro atoms. The highest BCUT2D eigenvalue weighted by molar-refractivity contribution is 7.89. The Morgan fingerprint density at radius 1 is 1.20 bits per heavy atom. The molecule has 0 unspecified atom stereocenters. The van der Waals surface area contributed by atoms with Gasteiger partial charge in [0.15, 0.2) is 11.5 Å². The molecule has 162 valence electrons. The van der Waals surface area contributed by atoms with Crippen LogP contribution in [0.25, 0.3) is 0 Å². The van der Waals surface area contributed by atoms with Crippen LogP contribution in [0.4, 0.5) is 0 Å². The summed E-state index contributed by atoms with van der Waals surface area (Å²) in [6.45, 7) is 4.61. The van der Waals surface area contributed by atoms with E-state index in [1.807, 2.05) is 32.0 Å². The number of halogens is 1. The quantitative estimate of drug-likeness (QED) is 0.570. The fourth-order valence-corrected chi connectivity index (χ4v) is 4.49. The van der Waals surface area contributed by atoms with Crippen molar-refractivity contribution in [3.8, 4) is 11.5 Å². The minimum atomic E-state index is -3.71. The molecule has 0 bridgehead atoms. The predicted octanol–water partition coefficient (Wildman–Crippen LogP) is 2.92. The lowest BCUT2D eigenvalue weighted by Gasteiger charge is -2.18. The van der Waals surface area contributed by atoms with Crippen molar-refractivity contribution in [3.05, 3.63) is 53.1 Å². The first kappa shape index (κ1) is 22.4. The van der Waals surface area contributed by atoms with Gasteiger partial charge in [0.1, 0.15) is 12.2 Å². The van der Waals surface area contributed by atoms with Gasteiger partial charge in [-0.3, -0.25) is 4.79 Å². The topological polar surface area (TPSA) is 93.7 Å². The fourth-order valence-electron chi connectivity index (χ4n) is 3.16. The zero-order chi connectivity index (χ0) is 21.8. The lowest BCUT2D eigenvalue weighted by molar-refractivity contribution is -0.121. The van der Waals surface area contributed by atoms with Crippen molar-refractivity contribution >= 4 is 27.5 Å². The second-order valence-corrected chi connectivity index (χ2v) is 9.79. The molecular formula is C21H25ClN2O5S. The van der Waals surface area contributed by atoms with E-state index < -0.39 is 10.0 Å². The number of sulfonamides is 1. The van der Waals surface area contributed by atoms with Crippen LogP contribution >= 0.6 is 11.6 Å². The summed E-state index contributed by atoms with van der Waals surface area (Å²) in [7, 11) is -3.71. The lowest BCUT2D eigenvalue weighted by Crippen LogP contribution is -2.32. The number of ether oxygens (including phenoxy) is 2. The Morgan fingerprint density at radius 2 is 1.97 bits per heavy atom. The van der Waals surface area contributed by atoms with Crippen LogP contribution in [-0.4, -0.2) is 39.6 Å². The normalized spacial score (nSPS) is 14.6. The maximum atomic E-state index is 12.2. The second kappa shape index (κ2) is 9.24. The summed E-state index contributed by atoms with van der Waals surface area (Å²) in [6, 6.07) is 11.7. The van der Waals surface area contributed by atoms with Crippen LogP contribution in [0, 0.1) is 0 Å². The van der Waals surface area contributed by atoms with E-state index in [2.05, 4.69) is 10.0 Å². The number of carbonyl (C=O) groups excluding carboxylic acids is 1. The monoisotopic (exact) mass is 452 g/mol. The van der Waals surface area contributed by atoms with Crippen molar-refractivity contribution in [1.29, 1.82) is 0 Å². The van der Waals surface area contributed by atoms with Gasteiger partial charge in [-0.1, -0.05) is 29.8 Å². The molecule has 7 nitrogen and oxygen atoms in total. The molecule has 1 aliphatic rings. The van der Waals surface area contributed by atoms with Crippen molar-refractivity contribution in [2.24, 2.45) is 0 Å². The second-order valence-electron chi connectivity index (χ2n) is 7.59. The lowest BCUT2D eigenvalue weighted by atomic mass is 10.0. The molecule has 1 aliphatic heterocycles. The molecule has 0 radical (unpaired) electrons. The van der Waals surface area contributed by atoms with Gasteiger partial charge in [0, 0.05) is 30.0 Å². The summed E-state index contributed by atoms with van der Waals surface area (Å²) in [5.41, 5.74) is 0.850. The minimum Gasteiger partial charge on any atom is -0.488 e. The van der Waals surface area contributed by atoms with Crippen LogP contribution in [0.3, 0.4) is 0 Å². The number of hydrogen-bond donors (Lipinski definition) is 2. The van der Waals surface area contributed by atoms with Crippen molar-refractivity contribution in [3.63, 3.8) is 0 Å². The average molecular weight is 453 g/mol. The first-order valence-electron chi connectivity index (χ1n) is 9.62. The summed E-state index contributed by atoms with van der Waals surface area (Å²) in [5.74, 6) is 1.13. The van der Waals surface area contributed by atoms with Crippen LogP contribution in [0.2, 0.25) is 5.02 Å². The van der Waals surface area contributed by atoms with Gasteiger partial charge in [0.05, 0.1) is 11.4 Å². The Labute approximate surface area is 181 Å². The van der Waals surface area contributed by atoms with Crippen LogP contribution in [0.1, 0.15) is 25.8 Å². The summed E-state index contributed by atoms with van der Waals surface area (Å²) in [6.07, 6.45) is 0.833. The standard InChI is InChI=1S/C21H25ClN2O5S/c1-21(2)14-15-5-3-8-18(20(15)29-21)28-12-11-23-19(25)9-10-24-30(26,27)17-7-4-6-16(22)13-17/h3-8,13,24H,9-12,14H2,1-2H3,(H,23,25). The molecule has 1 heterocycles.